The quantitative estimate of drug-likeness (QED) is 0.579. The summed E-state index contributed by atoms with van der Waals surface area (Å²) in [6.45, 7) is 15.1. The van der Waals surface area contributed by atoms with Gasteiger partial charge in [0.1, 0.15) is 6.73 Å². The lowest BCUT2D eigenvalue weighted by Crippen LogP contribution is -2.53. The van der Waals surface area contributed by atoms with Gasteiger partial charge in [0.05, 0.1) is 18.1 Å². The Labute approximate surface area is 164 Å². The predicted molar refractivity (Wildman–Crippen MR) is 115 cm³/mol. The smallest absolute Gasteiger partial charge is 0.160 e. The molecule has 0 amide bonds. The van der Waals surface area contributed by atoms with E-state index in [0.717, 1.165) is 37.2 Å². The van der Waals surface area contributed by atoms with Gasteiger partial charge < -0.3 is 15.0 Å². The molecule has 1 saturated heterocycles. The van der Waals surface area contributed by atoms with Crippen LogP contribution >= 0.6 is 0 Å². The third-order valence-electron chi connectivity index (χ3n) is 5.61. The number of hydrogen-bond acceptors (Lipinski definition) is 5. The first-order valence-corrected chi connectivity index (χ1v) is 13.7. The Hall–Kier alpha value is -1.44. The highest BCUT2D eigenvalue weighted by Gasteiger charge is 2.35. The first-order valence-electron chi connectivity index (χ1n) is 10.0. The third kappa shape index (κ3) is 4.89. The molecule has 3 heterocycles. The molecule has 1 aliphatic rings. The summed E-state index contributed by atoms with van der Waals surface area (Å²) < 4.78 is 7.70. The summed E-state index contributed by atoms with van der Waals surface area (Å²) in [6, 6.07) is 3.94. The van der Waals surface area contributed by atoms with E-state index >= 15 is 0 Å². The molecule has 1 N–H and O–H groups in total. The van der Waals surface area contributed by atoms with E-state index in [1.54, 1.807) is 0 Å². The van der Waals surface area contributed by atoms with Crippen molar-refractivity contribution in [3.8, 4) is 0 Å². The van der Waals surface area contributed by atoms with E-state index in [2.05, 4.69) is 61.9 Å². The van der Waals surface area contributed by atoms with E-state index in [0.29, 0.717) is 12.8 Å². The van der Waals surface area contributed by atoms with Crippen molar-refractivity contribution in [3.05, 3.63) is 18.5 Å². The lowest BCUT2D eigenvalue weighted by Gasteiger charge is -2.45. The minimum Gasteiger partial charge on any atom is -0.370 e. The first kappa shape index (κ1) is 20.3. The van der Waals surface area contributed by atoms with E-state index in [4.69, 9.17) is 9.72 Å². The molecule has 7 heteroatoms. The maximum absolute atomic E-state index is 5.84. The van der Waals surface area contributed by atoms with Gasteiger partial charge in [0.2, 0.25) is 0 Å². The van der Waals surface area contributed by atoms with Crippen molar-refractivity contribution < 1.29 is 4.74 Å². The van der Waals surface area contributed by atoms with Crippen LogP contribution in [-0.4, -0.2) is 55.6 Å². The Balaban J connectivity index is 1.67. The number of aromatic nitrogens is 3. The molecular weight excluding hydrogens is 354 g/mol. The van der Waals surface area contributed by atoms with E-state index in [-0.39, 0.29) is 5.41 Å². The second kappa shape index (κ2) is 7.89. The van der Waals surface area contributed by atoms with Crippen molar-refractivity contribution in [1.29, 1.82) is 0 Å². The van der Waals surface area contributed by atoms with Crippen LogP contribution in [0.15, 0.2) is 18.5 Å². The number of anilines is 1. The molecule has 150 valence electrons. The number of nitrogens with zero attached hydrogens (tertiary/aromatic N) is 4. The summed E-state index contributed by atoms with van der Waals surface area (Å²) in [6.07, 6.45) is 5.03. The highest BCUT2D eigenvalue weighted by Crippen LogP contribution is 2.32. The summed E-state index contributed by atoms with van der Waals surface area (Å²) >= 11 is 0. The van der Waals surface area contributed by atoms with Gasteiger partial charge >= 0.3 is 0 Å². The van der Waals surface area contributed by atoms with Gasteiger partial charge in [0.25, 0.3) is 0 Å². The van der Waals surface area contributed by atoms with Crippen molar-refractivity contribution >= 4 is 24.8 Å². The molecule has 0 aromatic carbocycles. The number of ether oxygens (including phenoxy) is 1. The summed E-state index contributed by atoms with van der Waals surface area (Å²) in [5.74, 6) is 0. The van der Waals surface area contributed by atoms with Crippen LogP contribution < -0.4 is 10.2 Å². The van der Waals surface area contributed by atoms with Gasteiger partial charge in [-0.1, -0.05) is 33.5 Å². The zero-order chi connectivity index (χ0) is 19.7. The summed E-state index contributed by atoms with van der Waals surface area (Å²) in [5.41, 5.74) is 2.32. The molecule has 0 bridgehead atoms. The van der Waals surface area contributed by atoms with E-state index < -0.39 is 8.07 Å². The van der Waals surface area contributed by atoms with Crippen molar-refractivity contribution in [2.45, 2.75) is 58.7 Å². The van der Waals surface area contributed by atoms with Crippen LogP contribution in [0, 0.1) is 5.41 Å². The van der Waals surface area contributed by atoms with Crippen molar-refractivity contribution in [2.24, 2.45) is 5.41 Å². The maximum atomic E-state index is 5.84. The number of pyridine rings is 1. The van der Waals surface area contributed by atoms with Crippen LogP contribution in [-0.2, 0) is 11.5 Å². The van der Waals surface area contributed by atoms with Gasteiger partial charge in [-0.25, -0.2) is 9.67 Å². The van der Waals surface area contributed by atoms with Crippen LogP contribution in [0.4, 0.5) is 5.69 Å². The monoisotopic (exact) mass is 389 g/mol. The van der Waals surface area contributed by atoms with E-state index in [1.807, 2.05) is 17.1 Å². The Bertz CT molecular complexity index is 767. The van der Waals surface area contributed by atoms with Crippen LogP contribution in [0.1, 0.15) is 20.3 Å². The van der Waals surface area contributed by atoms with Crippen molar-refractivity contribution in [2.75, 3.05) is 31.6 Å². The van der Waals surface area contributed by atoms with Crippen LogP contribution in [0.25, 0.3) is 11.0 Å². The summed E-state index contributed by atoms with van der Waals surface area (Å²) in [4.78, 5) is 7.15. The fourth-order valence-corrected chi connectivity index (χ4v) is 4.63. The molecule has 0 aliphatic carbocycles. The Morgan fingerprint density at radius 3 is 2.74 bits per heavy atom. The fourth-order valence-electron chi connectivity index (χ4n) is 3.87. The zero-order valence-electron chi connectivity index (χ0n) is 17.7. The Kier molecular flexibility index (Phi) is 5.93. The standard InChI is InChI=1S/C20H35N5OSi/c1-20(2)14-24(8-7-18(20)21-3)17-11-16-12-23-25(19(16)22-13-17)15-26-9-10-27(4,5)6/h11-13,18,21H,7-10,14-15H2,1-6H3. The molecule has 0 spiro atoms. The summed E-state index contributed by atoms with van der Waals surface area (Å²) in [7, 11) is 1.01. The molecule has 3 rings (SSSR count). The molecule has 2 aromatic heterocycles. The lowest BCUT2D eigenvalue weighted by molar-refractivity contribution is 0.0813. The van der Waals surface area contributed by atoms with Gasteiger partial charge in [-0.2, -0.15) is 5.10 Å². The molecule has 1 aliphatic heterocycles. The maximum Gasteiger partial charge on any atom is 0.160 e. The predicted octanol–water partition coefficient (Wildman–Crippen LogP) is 3.57. The highest BCUT2D eigenvalue weighted by molar-refractivity contribution is 6.76. The Morgan fingerprint density at radius 1 is 1.30 bits per heavy atom. The third-order valence-corrected chi connectivity index (χ3v) is 7.32. The van der Waals surface area contributed by atoms with Crippen LogP contribution in [0.5, 0.6) is 0 Å². The van der Waals surface area contributed by atoms with E-state index in [9.17, 15) is 0 Å². The molecule has 1 unspecified atom stereocenters. The fraction of sp³-hybridized carbons (Fsp3) is 0.700. The number of nitrogens with one attached hydrogen (secondary N) is 1. The average molecular weight is 390 g/mol. The lowest BCUT2D eigenvalue weighted by atomic mass is 9.79. The van der Waals surface area contributed by atoms with Gasteiger partial charge in [0, 0.05) is 39.2 Å². The largest absolute Gasteiger partial charge is 0.370 e. The molecule has 0 saturated carbocycles. The van der Waals surface area contributed by atoms with Crippen molar-refractivity contribution in [1.82, 2.24) is 20.1 Å². The number of rotatable bonds is 7. The molecule has 0 radical (unpaired) electrons. The minimum absolute atomic E-state index is 0.232. The number of hydrogen-bond donors (Lipinski definition) is 1. The average Bonchev–Trinajstić information content (AvgIpc) is 2.99. The molecule has 6 nitrogen and oxygen atoms in total. The van der Waals surface area contributed by atoms with E-state index in [1.165, 1.54) is 11.7 Å². The first-order chi connectivity index (χ1) is 12.7. The van der Waals surface area contributed by atoms with Gasteiger partial charge in [-0.05, 0) is 31.0 Å². The van der Waals surface area contributed by atoms with Crippen molar-refractivity contribution in [3.63, 3.8) is 0 Å². The minimum atomic E-state index is -1.06. The zero-order valence-corrected chi connectivity index (χ0v) is 18.7. The summed E-state index contributed by atoms with van der Waals surface area (Å²) in [5, 5.41) is 9.03. The van der Waals surface area contributed by atoms with Crippen LogP contribution in [0.2, 0.25) is 25.7 Å². The second-order valence-electron chi connectivity index (χ2n) is 9.64. The van der Waals surface area contributed by atoms with Crippen LogP contribution in [0.3, 0.4) is 0 Å². The Morgan fingerprint density at radius 2 is 2.07 bits per heavy atom. The van der Waals surface area contributed by atoms with Gasteiger partial charge in [0.15, 0.2) is 5.65 Å². The second-order valence-corrected chi connectivity index (χ2v) is 15.3. The normalized spacial score (nSPS) is 20.4. The number of fused-ring (bicyclic) bond motifs is 1. The SMILES string of the molecule is CNC1CCN(c2cnc3c(cnn3COCC[Si](C)(C)C)c2)CC1(C)C. The highest BCUT2D eigenvalue weighted by atomic mass is 28.3. The van der Waals surface area contributed by atoms with Gasteiger partial charge in [-0.15, -0.1) is 0 Å². The molecule has 27 heavy (non-hydrogen) atoms. The number of piperidine rings is 1. The van der Waals surface area contributed by atoms with Gasteiger partial charge in [-0.3, -0.25) is 0 Å². The molecular formula is C20H35N5OSi. The molecule has 1 atom stereocenters. The molecule has 2 aromatic rings. The molecule has 1 fully saturated rings. The topological polar surface area (TPSA) is 55.2 Å².